The number of amides is 1. The van der Waals surface area contributed by atoms with E-state index in [1.54, 1.807) is 37.4 Å². The zero-order valence-electron chi connectivity index (χ0n) is 12.9. The maximum atomic E-state index is 10.9. The molecule has 6 heteroatoms. The molecule has 0 spiro atoms. The highest BCUT2D eigenvalue weighted by Crippen LogP contribution is 2.20. The number of carbonyl (C=O) groups is 1. The van der Waals surface area contributed by atoms with Crippen LogP contribution in [-0.2, 0) is 11.4 Å². The first-order chi connectivity index (χ1) is 10.5. The van der Waals surface area contributed by atoms with Crippen LogP contribution < -0.4 is 15.2 Å². The van der Waals surface area contributed by atoms with Gasteiger partial charge in [-0.2, -0.15) is 0 Å². The second kappa shape index (κ2) is 6.98. The van der Waals surface area contributed by atoms with Crippen molar-refractivity contribution in [1.29, 1.82) is 0 Å². The lowest BCUT2D eigenvalue weighted by Gasteiger charge is -2.11. The number of hydrogen-bond donors (Lipinski definition) is 1. The smallest absolute Gasteiger partial charge is 0.258 e. The molecule has 118 valence electrons. The van der Waals surface area contributed by atoms with Crippen LogP contribution >= 0.6 is 0 Å². The van der Waals surface area contributed by atoms with Gasteiger partial charge in [0.25, 0.3) is 5.91 Å². The molecule has 1 aromatic heterocycles. The highest BCUT2D eigenvalue weighted by atomic mass is 16.5. The molecule has 2 rings (SSSR count). The predicted octanol–water partition coefficient (Wildman–Crippen LogP) is 2.63. The van der Waals surface area contributed by atoms with Crippen LogP contribution in [0.3, 0.4) is 0 Å². The monoisotopic (exact) mass is 304 g/mol. The van der Waals surface area contributed by atoms with Crippen molar-refractivity contribution in [2.24, 2.45) is 5.73 Å². The van der Waals surface area contributed by atoms with Crippen LogP contribution in [0.15, 0.2) is 34.9 Å². The quantitative estimate of drug-likeness (QED) is 0.849. The van der Waals surface area contributed by atoms with E-state index in [1.807, 2.05) is 13.8 Å². The first-order valence-corrected chi connectivity index (χ1v) is 7.09. The first kappa shape index (κ1) is 15.9. The fraction of sp³-hybridized carbons (Fsp3) is 0.375. The third-order valence-corrected chi connectivity index (χ3v) is 3.04. The Hall–Kier alpha value is -2.50. The maximum Gasteiger partial charge on any atom is 0.258 e. The Bertz CT molecular complexity index is 619. The molecular weight excluding hydrogens is 284 g/mol. The summed E-state index contributed by atoms with van der Waals surface area (Å²) in [5.41, 5.74) is 5.14. The minimum atomic E-state index is -0.673. The highest BCUT2D eigenvalue weighted by molar-refractivity contribution is 5.78. The molecule has 0 fully saturated rings. The van der Waals surface area contributed by atoms with Gasteiger partial charge in [0.15, 0.2) is 12.7 Å². The second-order valence-corrected chi connectivity index (χ2v) is 5.23. The number of ether oxygens (including phenoxy) is 2. The molecule has 0 aliphatic rings. The van der Waals surface area contributed by atoms with Crippen LogP contribution in [0.5, 0.6) is 11.5 Å². The highest BCUT2D eigenvalue weighted by Gasteiger charge is 2.10. The van der Waals surface area contributed by atoms with Crippen molar-refractivity contribution in [2.75, 3.05) is 0 Å². The zero-order valence-corrected chi connectivity index (χ0v) is 12.9. The zero-order chi connectivity index (χ0) is 16.1. The van der Waals surface area contributed by atoms with Crippen LogP contribution in [0, 0.1) is 0 Å². The molecule has 0 bridgehead atoms. The standard InChI is InChI=1S/C16H20N2O4/c1-10(2)14-8-18-15(22-14)9-20-12-4-6-13(7-5-12)21-11(3)16(17)19/h4-8,10-11H,9H2,1-3H3,(H2,17,19)/t11-/m0/s1. The van der Waals surface area contributed by atoms with Crippen molar-refractivity contribution in [3.8, 4) is 11.5 Å². The lowest BCUT2D eigenvalue weighted by Crippen LogP contribution is -2.30. The van der Waals surface area contributed by atoms with Gasteiger partial charge in [-0.1, -0.05) is 13.8 Å². The van der Waals surface area contributed by atoms with Crippen LogP contribution in [0.1, 0.15) is 38.3 Å². The van der Waals surface area contributed by atoms with Gasteiger partial charge in [-0.15, -0.1) is 0 Å². The molecule has 0 radical (unpaired) electrons. The molecule has 22 heavy (non-hydrogen) atoms. The third kappa shape index (κ3) is 4.25. The summed E-state index contributed by atoms with van der Waals surface area (Å²) in [4.78, 5) is 15.1. The molecule has 0 aliphatic heterocycles. The van der Waals surface area contributed by atoms with Gasteiger partial charge < -0.3 is 19.6 Å². The normalized spacial score (nSPS) is 12.2. The average molecular weight is 304 g/mol. The van der Waals surface area contributed by atoms with Gasteiger partial charge in [-0.25, -0.2) is 4.98 Å². The Morgan fingerprint density at radius 3 is 2.41 bits per heavy atom. The fourth-order valence-corrected chi connectivity index (χ4v) is 1.68. The first-order valence-electron chi connectivity index (χ1n) is 7.09. The Labute approximate surface area is 129 Å². The van der Waals surface area contributed by atoms with E-state index in [9.17, 15) is 4.79 Å². The van der Waals surface area contributed by atoms with E-state index >= 15 is 0 Å². The van der Waals surface area contributed by atoms with Gasteiger partial charge in [0, 0.05) is 5.92 Å². The van der Waals surface area contributed by atoms with Crippen molar-refractivity contribution < 1.29 is 18.7 Å². The number of rotatable bonds is 7. The van der Waals surface area contributed by atoms with E-state index in [1.165, 1.54) is 0 Å². The van der Waals surface area contributed by atoms with Gasteiger partial charge in [0.1, 0.15) is 17.3 Å². The van der Waals surface area contributed by atoms with Crippen LogP contribution in [0.25, 0.3) is 0 Å². The Kier molecular flexibility index (Phi) is 5.04. The summed E-state index contributed by atoms with van der Waals surface area (Å²) in [6, 6.07) is 6.92. The minimum absolute atomic E-state index is 0.255. The maximum absolute atomic E-state index is 10.9. The number of nitrogens with two attached hydrogens (primary N) is 1. The van der Waals surface area contributed by atoms with Crippen molar-refractivity contribution >= 4 is 5.91 Å². The average Bonchev–Trinajstić information content (AvgIpc) is 2.95. The summed E-state index contributed by atoms with van der Waals surface area (Å²) in [7, 11) is 0. The fourth-order valence-electron chi connectivity index (χ4n) is 1.68. The number of benzene rings is 1. The number of carbonyl (C=O) groups excluding carboxylic acids is 1. The van der Waals surface area contributed by atoms with Crippen molar-refractivity contribution in [1.82, 2.24) is 4.98 Å². The minimum Gasteiger partial charge on any atom is -0.484 e. The third-order valence-electron chi connectivity index (χ3n) is 3.04. The Morgan fingerprint density at radius 1 is 1.23 bits per heavy atom. The van der Waals surface area contributed by atoms with E-state index in [0.29, 0.717) is 23.3 Å². The number of hydrogen-bond acceptors (Lipinski definition) is 5. The molecule has 6 nitrogen and oxygen atoms in total. The molecule has 1 atom stereocenters. The van der Waals surface area contributed by atoms with E-state index in [4.69, 9.17) is 19.6 Å². The Morgan fingerprint density at radius 2 is 1.86 bits per heavy atom. The van der Waals surface area contributed by atoms with E-state index in [0.717, 1.165) is 5.76 Å². The molecule has 1 amide bonds. The lowest BCUT2D eigenvalue weighted by atomic mass is 10.2. The molecule has 1 heterocycles. The number of nitrogens with zero attached hydrogens (tertiary/aromatic N) is 1. The largest absolute Gasteiger partial charge is 0.484 e. The summed E-state index contributed by atoms with van der Waals surface area (Å²) in [6.45, 7) is 5.93. The van der Waals surface area contributed by atoms with Gasteiger partial charge in [-0.3, -0.25) is 4.79 Å². The number of oxazole rings is 1. The number of aromatic nitrogens is 1. The lowest BCUT2D eigenvalue weighted by molar-refractivity contribution is -0.123. The Balaban J connectivity index is 1.89. The summed E-state index contributed by atoms with van der Waals surface area (Å²) >= 11 is 0. The summed E-state index contributed by atoms with van der Waals surface area (Å²) in [6.07, 6.45) is 1.04. The van der Waals surface area contributed by atoms with E-state index in [2.05, 4.69) is 4.98 Å². The summed E-state index contributed by atoms with van der Waals surface area (Å²) < 4.78 is 16.5. The molecule has 2 aromatic rings. The van der Waals surface area contributed by atoms with Gasteiger partial charge in [-0.05, 0) is 31.2 Å². The summed E-state index contributed by atoms with van der Waals surface area (Å²) in [5, 5.41) is 0. The number of primary amides is 1. The molecule has 0 aliphatic carbocycles. The van der Waals surface area contributed by atoms with Gasteiger partial charge >= 0.3 is 0 Å². The molecular formula is C16H20N2O4. The van der Waals surface area contributed by atoms with Crippen molar-refractivity contribution in [3.63, 3.8) is 0 Å². The predicted molar refractivity (Wildman–Crippen MR) is 80.7 cm³/mol. The molecule has 2 N–H and O–H groups in total. The molecule has 0 saturated heterocycles. The van der Waals surface area contributed by atoms with Gasteiger partial charge in [0.05, 0.1) is 6.20 Å². The van der Waals surface area contributed by atoms with Crippen molar-refractivity contribution in [2.45, 2.75) is 39.4 Å². The van der Waals surface area contributed by atoms with Crippen LogP contribution in [0.4, 0.5) is 0 Å². The van der Waals surface area contributed by atoms with E-state index in [-0.39, 0.29) is 6.61 Å². The topological polar surface area (TPSA) is 87.6 Å². The summed E-state index contributed by atoms with van der Waals surface area (Å²) in [5.74, 6) is 2.37. The van der Waals surface area contributed by atoms with Crippen LogP contribution in [0.2, 0.25) is 0 Å². The molecule has 0 unspecified atom stereocenters. The van der Waals surface area contributed by atoms with Gasteiger partial charge in [0.2, 0.25) is 5.89 Å². The van der Waals surface area contributed by atoms with Crippen molar-refractivity contribution in [3.05, 3.63) is 42.1 Å². The SMILES string of the molecule is CC(C)c1cnc(COc2ccc(O[C@@H](C)C(N)=O)cc2)o1. The molecule has 0 saturated carbocycles. The molecule has 1 aromatic carbocycles. The van der Waals surface area contributed by atoms with Crippen LogP contribution in [-0.4, -0.2) is 17.0 Å². The second-order valence-electron chi connectivity index (χ2n) is 5.23. The van der Waals surface area contributed by atoms with E-state index < -0.39 is 12.0 Å².